The molecule has 0 bridgehead atoms. The average molecular weight is 527 g/mol. The number of hydrogen-bond donors (Lipinski definition) is 1. The molecule has 1 fully saturated rings. The molecule has 0 radical (unpaired) electrons. The van der Waals surface area contributed by atoms with E-state index >= 15 is 0 Å². The van der Waals surface area contributed by atoms with Gasteiger partial charge in [0.15, 0.2) is 5.82 Å². The standard InChI is InChI=1S/C28H42N6O4/c1-17(2)10-11-29-25-24(20(5)37-8)32-21(15-30-25)26(35)34-13-12-33(16-28(34,6)7)22-14-18(3)23(19(4)31-22)27(36)38-9/h14-15,17,20H,10-13,16H2,1-9H3,(H,29,30)/t20-/m1/s1. The number of anilines is 2. The van der Waals surface area contributed by atoms with E-state index in [-0.39, 0.29) is 18.0 Å². The summed E-state index contributed by atoms with van der Waals surface area (Å²) in [5, 5.41) is 3.35. The van der Waals surface area contributed by atoms with Crippen molar-refractivity contribution in [3.05, 3.63) is 40.5 Å². The third-order valence-electron chi connectivity index (χ3n) is 7.02. The molecule has 2 aromatic rings. The molecule has 0 spiro atoms. The lowest BCUT2D eigenvalue weighted by atomic mass is 9.97. The summed E-state index contributed by atoms with van der Waals surface area (Å²) in [6.45, 7) is 16.4. The van der Waals surface area contributed by atoms with Crippen molar-refractivity contribution >= 4 is 23.5 Å². The van der Waals surface area contributed by atoms with Crippen LogP contribution in [0.15, 0.2) is 12.3 Å². The van der Waals surface area contributed by atoms with Gasteiger partial charge in [-0.25, -0.2) is 19.7 Å². The fraction of sp³-hybridized carbons (Fsp3) is 0.607. The van der Waals surface area contributed by atoms with E-state index in [4.69, 9.17) is 14.5 Å². The fourth-order valence-electron chi connectivity index (χ4n) is 4.77. The molecule has 1 amide bonds. The third kappa shape index (κ3) is 6.40. The molecule has 2 aromatic heterocycles. The van der Waals surface area contributed by atoms with Gasteiger partial charge >= 0.3 is 5.97 Å². The minimum absolute atomic E-state index is 0.165. The number of nitrogens with zero attached hydrogens (tertiary/aromatic N) is 5. The summed E-state index contributed by atoms with van der Waals surface area (Å²) in [5.41, 5.74) is 2.36. The van der Waals surface area contributed by atoms with Crippen LogP contribution in [0, 0.1) is 19.8 Å². The number of amides is 1. The monoisotopic (exact) mass is 526 g/mol. The molecule has 1 aliphatic rings. The molecule has 10 heteroatoms. The number of rotatable bonds is 9. The quantitative estimate of drug-likeness (QED) is 0.481. The van der Waals surface area contributed by atoms with Gasteiger partial charge in [-0.3, -0.25) is 4.79 Å². The molecule has 0 aromatic carbocycles. The highest BCUT2D eigenvalue weighted by molar-refractivity contribution is 5.93. The van der Waals surface area contributed by atoms with Crippen LogP contribution in [0.1, 0.15) is 84.9 Å². The molecule has 0 unspecified atom stereocenters. The van der Waals surface area contributed by atoms with E-state index in [2.05, 4.69) is 34.0 Å². The molecule has 208 valence electrons. The maximum atomic E-state index is 13.7. The molecule has 38 heavy (non-hydrogen) atoms. The molecule has 3 heterocycles. The SMILES string of the molecule is COC(=O)c1c(C)cc(N2CCN(C(=O)c3cnc(NCCC(C)C)c([C@@H](C)OC)n3)C(C)(C)C2)nc1C. The van der Waals surface area contributed by atoms with Gasteiger partial charge in [-0.1, -0.05) is 13.8 Å². The lowest BCUT2D eigenvalue weighted by Gasteiger charge is -2.47. The summed E-state index contributed by atoms with van der Waals surface area (Å²) in [5.74, 6) is 1.43. The summed E-state index contributed by atoms with van der Waals surface area (Å²) in [6, 6.07) is 1.90. The van der Waals surface area contributed by atoms with Crippen LogP contribution in [0.5, 0.6) is 0 Å². The van der Waals surface area contributed by atoms with Crippen molar-refractivity contribution in [1.29, 1.82) is 0 Å². The number of methoxy groups -OCH3 is 2. The van der Waals surface area contributed by atoms with E-state index in [1.165, 1.54) is 7.11 Å². The van der Waals surface area contributed by atoms with Crippen LogP contribution in [0.3, 0.4) is 0 Å². The van der Waals surface area contributed by atoms with E-state index in [1.54, 1.807) is 13.3 Å². The van der Waals surface area contributed by atoms with Gasteiger partial charge in [-0.15, -0.1) is 0 Å². The number of carbonyl (C=O) groups excluding carboxylic acids is 2. The van der Waals surface area contributed by atoms with Gasteiger partial charge in [-0.2, -0.15) is 0 Å². The molecule has 3 rings (SSSR count). The Morgan fingerprint density at radius 3 is 2.42 bits per heavy atom. The summed E-state index contributed by atoms with van der Waals surface area (Å²) in [4.78, 5) is 43.8. The first-order chi connectivity index (χ1) is 17.9. The van der Waals surface area contributed by atoms with E-state index in [9.17, 15) is 9.59 Å². The first-order valence-electron chi connectivity index (χ1n) is 13.2. The van der Waals surface area contributed by atoms with Gasteiger partial charge in [-0.05, 0) is 58.6 Å². The number of carbonyl (C=O) groups is 2. The highest BCUT2D eigenvalue weighted by atomic mass is 16.5. The highest BCUT2D eigenvalue weighted by Gasteiger charge is 2.38. The van der Waals surface area contributed by atoms with E-state index in [0.717, 1.165) is 24.3 Å². The number of aromatic nitrogens is 3. The summed E-state index contributed by atoms with van der Waals surface area (Å²) < 4.78 is 10.4. The first-order valence-corrected chi connectivity index (χ1v) is 13.2. The Hall–Kier alpha value is -3.27. The number of aryl methyl sites for hydroxylation is 2. The Bertz CT molecular complexity index is 1140. The van der Waals surface area contributed by atoms with Crippen LogP contribution in [0.2, 0.25) is 0 Å². The van der Waals surface area contributed by atoms with Crippen LogP contribution in [0.4, 0.5) is 11.6 Å². The van der Waals surface area contributed by atoms with Crippen LogP contribution in [-0.2, 0) is 9.47 Å². The van der Waals surface area contributed by atoms with Gasteiger partial charge in [0.25, 0.3) is 5.91 Å². The van der Waals surface area contributed by atoms with Crippen molar-refractivity contribution in [2.24, 2.45) is 5.92 Å². The zero-order chi connectivity index (χ0) is 28.2. The Labute approximate surface area is 226 Å². The lowest BCUT2D eigenvalue weighted by molar-refractivity contribution is 0.0504. The minimum atomic E-state index is -0.497. The van der Waals surface area contributed by atoms with Gasteiger partial charge < -0.3 is 24.6 Å². The molecular formula is C28H42N6O4. The Kier molecular flexibility index (Phi) is 9.30. The van der Waals surface area contributed by atoms with Crippen LogP contribution in [-0.4, -0.2) is 77.7 Å². The first kappa shape index (κ1) is 29.3. The van der Waals surface area contributed by atoms with Crippen molar-refractivity contribution in [2.45, 2.75) is 66.5 Å². The second-order valence-electron chi connectivity index (χ2n) is 10.9. The predicted molar refractivity (Wildman–Crippen MR) is 148 cm³/mol. The van der Waals surface area contributed by atoms with Crippen molar-refractivity contribution in [1.82, 2.24) is 19.9 Å². The maximum absolute atomic E-state index is 13.7. The number of piperazine rings is 1. The van der Waals surface area contributed by atoms with E-state index in [1.807, 2.05) is 45.6 Å². The van der Waals surface area contributed by atoms with Crippen LogP contribution < -0.4 is 10.2 Å². The highest BCUT2D eigenvalue weighted by Crippen LogP contribution is 2.29. The lowest BCUT2D eigenvalue weighted by Crippen LogP contribution is -2.61. The van der Waals surface area contributed by atoms with Gasteiger partial charge in [0.2, 0.25) is 0 Å². The summed E-state index contributed by atoms with van der Waals surface area (Å²) in [6.07, 6.45) is 2.24. The van der Waals surface area contributed by atoms with Crippen molar-refractivity contribution in [2.75, 3.05) is 50.6 Å². The fourth-order valence-corrected chi connectivity index (χ4v) is 4.77. The van der Waals surface area contributed by atoms with Gasteiger partial charge in [0.05, 0.1) is 30.1 Å². The third-order valence-corrected chi connectivity index (χ3v) is 7.02. The number of nitrogens with one attached hydrogen (secondary N) is 1. The van der Waals surface area contributed by atoms with Gasteiger partial charge in [0, 0.05) is 33.3 Å². The smallest absolute Gasteiger partial charge is 0.339 e. The van der Waals surface area contributed by atoms with Crippen LogP contribution in [0.25, 0.3) is 0 Å². The molecular weight excluding hydrogens is 484 g/mol. The molecule has 0 saturated carbocycles. The van der Waals surface area contributed by atoms with Crippen molar-refractivity contribution in [3.8, 4) is 0 Å². The van der Waals surface area contributed by atoms with Crippen LogP contribution >= 0.6 is 0 Å². The zero-order valence-electron chi connectivity index (χ0n) is 24.2. The van der Waals surface area contributed by atoms with E-state index in [0.29, 0.717) is 54.0 Å². The van der Waals surface area contributed by atoms with Crippen molar-refractivity contribution < 1.29 is 19.1 Å². The molecule has 1 saturated heterocycles. The Balaban J connectivity index is 1.81. The number of ether oxygens (including phenoxy) is 2. The summed E-state index contributed by atoms with van der Waals surface area (Å²) in [7, 11) is 2.99. The average Bonchev–Trinajstić information content (AvgIpc) is 2.86. The zero-order valence-corrected chi connectivity index (χ0v) is 24.2. The second kappa shape index (κ2) is 12.1. The molecule has 0 aliphatic carbocycles. The Morgan fingerprint density at radius 2 is 1.84 bits per heavy atom. The normalized spacial score (nSPS) is 15.9. The second-order valence-corrected chi connectivity index (χ2v) is 10.9. The van der Waals surface area contributed by atoms with Crippen molar-refractivity contribution in [3.63, 3.8) is 0 Å². The van der Waals surface area contributed by atoms with Gasteiger partial charge in [0.1, 0.15) is 23.3 Å². The number of esters is 1. The topological polar surface area (TPSA) is 110 Å². The Morgan fingerprint density at radius 1 is 1.13 bits per heavy atom. The minimum Gasteiger partial charge on any atom is -0.465 e. The number of hydrogen-bond acceptors (Lipinski definition) is 9. The largest absolute Gasteiger partial charge is 0.465 e. The molecule has 1 N–H and O–H groups in total. The summed E-state index contributed by atoms with van der Waals surface area (Å²) >= 11 is 0. The molecule has 1 aliphatic heterocycles. The number of pyridine rings is 1. The molecule has 1 atom stereocenters. The van der Waals surface area contributed by atoms with E-state index < -0.39 is 5.54 Å². The predicted octanol–water partition coefficient (Wildman–Crippen LogP) is 4.18. The molecule has 10 nitrogen and oxygen atoms in total. The maximum Gasteiger partial charge on any atom is 0.339 e.